The first-order chi connectivity index (χ1) is 12.2. The molecule has 0 bridgehead atoms. The number of hydrogen-bond donors (Lipinski definition) is 4. The largest absolute Gasteiger partial charge is 0.393 e. The Labute approximate surface area is 158 Å². The molecule has 6 atom stereocenters. The zero-order valence-electron chi connectivity index (χ0n) is 16.2. The van der Waals surface area contributed by atoms with E-state index in [1.807, 2.05) is 18.2 Å². The molecule has 1 saturated carbocycles. The second-order valence-electron chi connectivity index (χ2n) is 7.68. The average Bonchev–Trinajstić information content (AvgIpc) is 2.81. The maximum absolute atomic E-state index is 11.2. The lowest BCUT2D eigenvalue weighted by Crippen LogP contribution is -2.20. The molecule has 26 heavy (non-hydrogen) atoms. The van der Waals surface area contributed by atoms with Crippen molar-refractivity contribution in [2.45, 2.75) is 76.6 Å². The summed E-state index contributed by atoms with van der Waals surface area (Å²) in [4.78, 5) is 9.26. The number of rotatable bonds is 12. The summed E-state index contributed by atoms with van der Waals surface area (Å²) in [6.07, 6.45) is 12.7. The average molecular weight is 388 g/mol. The molecule has 0 saturated heterocycles. The van der Waals surface area contributed by atoms with E-state index in [9.17, 15) is 24.8 Å². The van der Waals surface area contributed by atoms with Crippen molar-refractivity contribution in [1.82, 2.24) is 0 Å². The van der Waals surface area contributed by atoms with Crippen LogP contribution >= 0.6 is 7.37 Å². The Kier molecular flexibility index (Phi) is 11.0. The Morgan fingerprint density at radius 1 is 1.15 bits per heavy atom. The van der Waals surface area contributed by atoms with Gasteiger partial charge in [0.15, 0.2) is 7.37 Å². The Morgan fingerprint density at radius 3 is 2.54 bits per heavy atom. The van der Waals surface area contributed by atoms with Gasteiger partial charge in [0.25, 0.3) is 0 Å². The highest BCUT2D eigenvalue weighted by molar-refractivity contribution is 7.57. The fourth-order valence-electron chi connectivity index (χ4n) is 3.54. The standard InChI is InChI=1S/C20H37O5P/c1-3-4-7-10-16(21)12-13-18-17(19(22)15-20(18)23)11-8-5-6-9-14-26(2,24)25/h5,8,12-13,16-23H,3-4,6-7,9-11,14-15H2,1-2H3,(H,24,25)/b8-5-,13-12+/t16-,17+,18+,19-,20+/m0/s1. The molecule has 5 nitrogen and oxygen atoms in total. The molecule has 152 valence electrons. The molecule has 6 heteroatoms. The SMILES string of the molecule is CCCCC[C@H](O)/C=C/[C@@H]1[C@@H](C/C=C\CCCP(C)(=O)O)[C@@H](O)C[C@H]1O. The topological polar surface area (TPSA) is 98.0 Å². The maximum atomic E-state index is 11.2. The summed E-state index contributed by atoms with van der Waals surface area (Å²) in [5, 5.41) is 30.5. The Morgan fingerprint density at radius 2 is 1.88 bits per heavy atom. The van der Waals surface area contributed by atoms with Crippen molar-refractivity contribution >= 4 is 7.37 Å². The molecule has 0 radical (unpaired) electrons. The highest BCUT2D eigenvalue weighted by Crippen LogP contribution is 2.37. The predicted molar refractivity (Wildman–Crippen MR) is 107 cm³/mol. The van der Waals surface area contributed by atoms with E-state index in [4.69, 9.17) is 0 Å². The van der Waals surface area contributed by atoms with E-state index < -0.39 is 25.7 Å². The van der Waals surface area contributed by atoms with E-state index in [1.165, 1.54) is 6.66 Å². The van der Waals surface area contributed by atoms with Crippen molar-refractivity contribution in [2.24, 2.45) is 11.8 Å². The van der Waals surface area contributed by atoms with Gasteiger partial charge in [0.05, 0.1) is 18.3 Å². The molecule has 1 fully saturated rings. The molecule has 0 aromatic rings. The molecule has 0 aromatic heterocycles. The van der Waals surface area contributed by atoms with Gasteiger partial charge in [-0.2, -0.15) is 0 Å². The van der Waals surface area contributed by atoms with Crippen LogP contribution in [0.25, 0.3) is 0 Å². The van der Waals surface area contributed by atoms with E-state index in [1.54, 1.807) is 6.08 Å². The van der Waals surface area contributed by atoms with Crippen molar-refractivity contribution in [3.8, 4) is 0 Å². The minimum atomic E-state index is -2.93. The molecule has 0 heterocycles. The van der Waals surface area contributed by atoms with Crippen molar-refractivity contribution in [3.63, 3.8) is 0 Å². The fraction of sp³-hybridized carbons (Fsp3) is 0.800. The van der Waals surface area contributed by atoms with Crippen LogP contribution in [0.4, 0.5) is 0 Å². The van der Waals surface area contributed by atoms with Crippen molar-refractivity contribution < 1.29 is 24.8 Å². The summed E-state index contributed by atoms with van der Waals surface area (Å²) >= 11 is 0. The van der Waals surface area contributed by atoms with Crippen LogP contribution in [0, 0.1) is 11.8 Å². The second-order valence-corrected chi connectivity index (χ2v) is 10.2. The minimum Gasteiger partial charge on any atom is -0.393 e. The zero-order chi connectivity index (χ0) is 19.6. The summed E-state index contributed by atoms with van der Waals surface area (Å²) < 4.78 is 11.2. The monoisotopic (exact) mass is 388 g/mol. The summed E-state index contributed by atoms with van der Waals surface area (Å²) in [6.45, 7) is 3.50. The van der Waals surface area contributed by atoms with Gasteiger partial charge in [-0.3, -0.25) is 4.57 Å². The molecule has 1 rings (SSSR count). The van der Waals surface area contributed by atoms with Crippen LogP contribution < -0.4 is 0 Å². The van der Waals surface area contributed by atoms with E-state index in [0.29, 0.717) is 25.4 Å². The third kappa shape index (κ3) is 9.48. The highest BCUT2D eigenvalue weighted by atomic mass is 31.2. The van der Waals surface area contributed by atoms with Gasteiger partial charge in [-0.25, -0.2) is 0 Å². The lowest BCUT2D eigenvalue weighted by molar-refractivity contribution is 0.120. The number of allylic oxidation sites excluding steroid dienone is 2. The first-order valence-electron chi connectivity index (χ1n) is 9.91. The van der Waals surface area contributed by atoms with Crippen molar-refractivity contribution in [1.29, 1.82) is 0 Å². The van der Waals surface area contributed by atoms with Crippen molar-refractivity contribution in [2.75, 3.05) is 12.8 Å². The molecule has 1 unspecified atom stereocenters. The maximum Gasteiger partial charge on any atom is 0.197 e. The zero-order valence-corrected chi connectivity index (χ0v) is 17.1. The number of unbranched alkanes of at least 4 members (excludes halogenated alkanes) is 3. The fourth-order valence-corrected chi connectivity index (χ4v) is 4.31. The van der Waals surface area contributed by atoms with E-state index in [-0.39, 0.29) is 11.8 Å². The van der Waals surface area contributed by atoms with Crippen LogP contribution in [-0.4, -0.2) is 51.4 Å². The quantitative estimate of drug-likeness (QED) is 0.233. The van der Waals surface area contributed by atoms with Crippen LogP contribution in [0.3, 0.4) is 0 Å². The van der Waals surface area contributed by atoms with Crippen molar-refractivity contribution in [3.05, 3.63) is 24.3 Å². The van der Waals surface area contributed by atoms with Crippen LogP contribution in [0.1, 0.15) is 58.3 Å². The Hall–Kier alpha value is -0.450. The summed E-state index contributed by atoms with van der Waals surface area (Å²) in [7, 11) is -2.93. The lowest BCUT2D eigenvalue weighted by Gasteiger charge is -2.19. The number of aliphatic hydroxyl groups is 3. The molecule has 0 amide bonds. The Balaban J connectivity index is 2.47. The van der Waals surface area contributed by atoms with Crippen LogP contribution in [-0.2, 0) is 4.57 Å². The third-order valence-corrected chi connectivity index (χ3v) is 6.24. The van der Waals surface area contributed by atoms with Crippen LogP contribution in [0.5, 0.6) is 0 Å². The van der Waals surface area contributed by atoms with E-state index in [0.717, 1.165) is 32.1 Å². The summed E-state index contributed by atoms with van der Waals surface area (Å²) in [6, 6.07) is 0. The van der Waals surface area contributed by atoms with Gasteiger partial charge in [0.1, 0.15) is 0 Å². The second kappa shape index (κ2) is 12.1. The third-order valence-electron chi connectivity index (χ3n) is 5.09. The van der Waals surface area contributed by atoms with Gasteiger partial charge in [-0.1, -0.05) is 50.5 Å². The van der Waals surface area contributed by atoms with Gasteiger partial charge in [-0.15, -0.1) is 0 Å². The van der Waals surface area contributed by atoms with Gasteiger partial charge in [0, 0.05) is 25.2 Å². The van der Waals surface area contributed by atoms with Gasteiger partial charge in [0.2, 0.25) is 0 Å². The molecule has 0 spiro atoms. The predicted octanol–water partition coefficient (Wildman–Crippen LogP) is 3.47. The van der Waals surface area contributed by atoms with E-state index in [2.05, 4.69) is 6.92 Å². The molecule has 1 aliphatic rings. The molecule has 4 N–H and O–H groups in total. The Bertz CT molecular complexity index is 485. The normalized spacial score (nSPS) is 30.2. The lowest BCUT2D eigenvalue weighted by atomic mass is 9.89. The number of hydrogen-bond acceptors (Lipinski definition) is 4. The first kappa shape index (κ1) is 23.6. The molecule has 0 aliphatic heterocycles. The minimum absolute atomic E-state index is 0.0598. The smallest absolute Gasteiger partial charge is 0.197 e. The molecule has 0 aromatic carbocycles. The van der Waals surface area contributed by atoms with Gasteiger partial charge < -0.3 is 20.2 Å². The number of aliphatic hydroxyl groups excluding tert-OH is 3. The van der Waals surface area contributed by atoms with Gasteiger partial charge in [-0.05, 0) is 31.6 Å². The summed E-state index contributed by atoms with van der Waals surface area (Å²) in [5.41, 5.74) is 0. The first-order valence-corrected chi connectivity index (χ1v) is 12.2. The highest BCUT2D eigenvalue weighted by Gasteiger charge is 2.39. The molecule has 1 aliphatic carbocycles. The van der Waals surface area contributed by atoms with Gasteiger partial charge >= 0.3 is 0 Å². The van der Waals surface area contributed by atoms with E-state index >= 15 is 0 Å². The van der Waals surface area contributed by atoms with Crippen LogP contribution in [0.15, 0.2) is 24.3 Å². The van der Waals surface area contributed by atoms with Crippen LogP contribution in [0.2, 0.25) is 0 Å². The molecular formula is C20H37O5P. The molecular weight excluding hydrogens is 351 g/mol. The summed E-state index contributed by atoms with van der Waals surface area (Å²) in [5.74, 6) is -0.209.